The van der Waals surface area contributed by atoms with E-state index in [1.165, 1.54) is 0 Å². The molecule has 1 aromatic heterocycles. The predicted octanol–water partition coefficient (Wildman–Crippen LogP) is 2.73. The number of amides is 1. The van der Waals surface area contributed by atoms with Crippen LogP contribution in [0.3, 0.4) is 0 Å². The first kappa shape index (κ1) is 13.6. The van der Waals surface area contributed by atoms with Crippen molar-refractivity contribution in [2.24, 2.45) is 0 Å². The van der Waals surface area contributed by atoms with Crippen molar-refractivity contribution in [3.8, 4) is 11.5 Å². The highest BCUT2D eigenvalue weighted by molar-refractivity contribution is 5.97. The highest BCUT2D eigenvalue weighted by atomic mass is 16.6. The number of aromatic amines is 1. The Labute approximate surface area is 132 Å². The third kappa shape index (κ3) is 2.48. The van der Waals surface area contributed by atoms with E-state index >= 15 is 0 Å². The van der Waals surface area contributed by atoms with Gasteiger partial charge in [-0.1, -0.05) is 12.1 Å². The number of benzene rings is 2. The van der Waals surface area contributed by atoms with Crippen LogP contribution in [0.15, 0.2) is 48.7 Å². The zero-order chi connectivity index (χ0) is 15.8. The van der Waals surface area contributed by atoms with Gasteiger partial charge in [0.1, 0.15) is 6.10 Å². The number of H-pyrrole nitrogens is 1. The number of ether oxygens (including phenoxy) is 2. The second-order valence-electron chi connectivity index (χ2n) is 5.47. The minimum absolute atomic E-state index is 0.241. The van der Waals surface area contributed by atoms with Crippen LogP contribution in [0.1, 0.15) is 6.92 Å². The molecule has 1 aliphatic rings. The van der Waals surface area contributed by atoms with Gasteiger partial charge in [-0.3, -0.25) is 9.89 Å². The number of hydrogen-bond acceptors (Lipinski definition) is 4. The molecule has 0 saturated carbocycles. The van der Waals surface area contributed by atoms with E-state index in [0.717, 1.165) is 10.9 Å². The van der Waals surface area contributed by atoms with Crippen molar-refractivity contribution in [3.63, 3.8) is 0 Å². The Hall–Kier alpha value is -3.02. The molecule has 0 aliphatic carbocycles. The van der Waals surface area contributed by atoms with E-state index < -0.39 is 6.10 Å². The fourth-order valence-electron chi connectivity index (χ4n) is 2.64. The molecule has 116 valence electrons. The summed E-state index contributed by atoms with van der Waals surface area (Å²) in [6, 6.07) is 12.9. The maximum Gasteiger partial charge on any atom is 0.269 e. The van der Waals surface area contributed by atoms with Crippen molar-refractivity contribution >= 4 is 22.5 Å². The molecule has 2 N–H and O–H groups in total. The van der Waals surface area contributed by atoms with E-state index in [2.05, 4.69) is 15.5 Å². The van der Waals surface area contributed by atoms with Gasteiger partial charge in [-0.25, -0.2) is 0 Å². The lowest BCUT2D eigenvalue weighted by atomic mass is 10.1. The summed E-state index contributed by atoms with van der Waals surface area (Å²) in [5.41, 5.74) is 1.61. The van der Waals surface area contributed by atoms with E-state index in [-0.39, 0.29) is 12.0 Å². The molecule has 23 heavy (non-hydrogen) atoms. The Morgan fingerprint density at radius 2 is 1.96 bits per heavy atom. The monoisotopic (exact) mass is 309 g/mol. The Balaban J connectivity index is 1.54. The molecule has 4 rings (SSSR count). The molecule has 0 saturated heterocycles. The lowest BCUT2D eigenvalue weighted by Gasteiger charge is -2.31. The van der Waals surface area contributed by atoms with E-state index in [4.69, 9.17) is 9.47 Å². The Morgan fingerprint density at radius 3 is 2.78 bits per heavy atom. The van der Waals surface area contributed by atoms with Gasteiger partial charge in [-0.05, 0) is 37.3 Å². The molecule has 0 radical (unpaired) electrons. The lowest BCUT2D eigenvalue weighted by molar-refractivity contribution is -0.128. The lowest BCUT2D eigenvalue weighted by Crippen LogP contribution is -2.46. The smallest absolute Gasteiger partial charge is 0.269 e. The van der Waals surface area contributed by atoms with E-state index in [9.17, 15) is 4.79 Å². The summed E-state index contributed by atoms with van der Waals surface area (Å²) < 4.78 is 11.6. The molecule has 6 heteroatoms. The summed E-state index contributed by atoms with van der Waals surface area (Å²) in [4.78, 5) is 12.5. The van der Waals surface area contributed by atoms with Crippen LogP contribution >= 0.6 is 0 Å². The summed E-state index contributed by atoms with van der Waals surface area (Å²) >= 11 is 0. The molecule has 0 spiro atoms. The van der Waals surface area contributed by atoms with Gasteiger partial charge < -0.3 is 14.8 Å². The second-order valence-corrected chi connectivity index (χ2v) is 5.47. The number of aromatic nitrogens is 2. The van der Waals surface area contributed by atoms with Gasteiger partial charge in [-0.15, -0.1) is 0 Å². The van der Waals surface area contributed by atoms with Crippen LogP contribution in [0.5, 0.6) is 11.5 Å². The summed E-state index contributed by atoms with van der Waals surface area (Å²) in [5, 5.41) is 10.6. The first-order chi connectivity index (χ1) is 11.2. The average Bonchev–Trinajstić information content (AvgIpc) is 3.01. The highest BCUT2D eigenvalue weighted by Crippen LogP contribution is 2.33. The van der Waals surface area contributed by atoms with Gasteiger partial charge >= 0.3 is 0 Å². The van der Waals surface area contributed by atoms with Crippen LogP contribution in [0.25, 0.3) is 10.9 Å². The van der Waals surface area contributed by atoms with Crippen LogP contribution in [0.4, 0.5) is 5.69 Å². The molecule has 2 heterocycles. The van der Waals surface area contributed by atoms with Crippen LogP contribution in [0, 0.1) is 0 Å². The molecule has 0 fully saturated rings. The third-order valence-corrected chi connectivity index (χ3v) is 3.81. The van der Waals surface area contributed by atoms with Gasteiger partial charge in [0.25, 0.3) is 5.91 Å². The van der Waals surface area contributed by atoms with Crippen molar-refractivity contribution in [3.05, 3.63) is 48.7 Å². The van der Waals surface area contributed by atoms with Crippen LogP contribution in [-0.2, 0) is 4.79 Å². The maximum atomic E-state index is 12.5. The van der Waals surface area contributed by atoms with Crippen molar-refractivity contribution in [2.75, 3.05) is 5.32 Å². The first-order valence-electron chi connectivity index (χ1n) is 7.37. The van der Waals surface area contributed by atoms with Crippen LogP contribution < -0.4 is 14.8 Å². The minimum Gasteiger partial charge on any atom is -0.482 e. The quantitative estimate of drug-likeness (QED) is 0.763. The number of carbonyl (C=O) groups excluding carboxylic acids is 1. The van der Waals surface area contributed by atoms with E-state index in [1.54, 1.807) is 12.3 Å². The molecule has 6 nitrogen and oxygen atoms in total. The number of anilines is 1. The van der Waals surface area contributed by atoms with E-state index in [0.29, 0.717) is 17.2 Å². The standard InChI is InChI=1S/C17H15N3O3/c1-10-16(23-15-5-3-2-4-14(15)22-10)17(21)19-12-6-7-13-11(8-12)9-18-20-13/h2-10,16H,1H3,(H,18,20)(H,19,21)/t10-,16-/m0/s1. The number of carbonyl (C=O) groups is 1. The molecule has 0 bridgehead atoms. The normalized spacial score (nSPS) is 19.5. The molecule has 1 amide bonds. The van der Waals surface area contributed by atoms with Gasteiger partial charge in [0.05, 0.1) is 11.7 Å². The van der Waals surface area contributed by atoms with Crippen LogP contribution in [0.2, 0.25) is 0 Å². The van der Waals surface area contributed by atoms with Gasteiger partial charge in [0.15, 0.2) is 11.5 Å². The molecular weight excluding hydrogens is 294 g/mol. The van der Waals surface area contributed by atoms with Gasteiger partial charge in [0, 0.05) is 11.1 Å². The zero-order valence-corrected chi connectivity index (χ0v) is 12.4. The van der Waals surface area contributed by atoms with Gasteiger partial charge in [-0.2, -0.15) is 5.10 Å². The number of nitrogens with zero attached hydrogens (tertiary/aromatic N) is 1. The largest absolute Gasteiger partial charge is 0.482 e. The van der Waals surface area contributed by atoms with Crippen molar-refractivity contribution < 1.29 is 14.3 Å². The first-order valence-corrected chi connectivity index (χ1v) is 7.37. The second kappa shape index (κ2) is 5.31. The number of hydrogen-bond donors (Lipinski definition) is 2. The molecule has 2 atom stereocenters. The van der Waals surface area contributed by atoms with Gasteiger partial charge in [0.2, 0.25) is 6.10 Å². The SMILES string of the molecule is C[C@@H]1Oc2ccccc2O[C@@H]1C(=O)Nc1ccc2[nH]ncc2c1. The summed E-state index contributed by atoms with van der Waals surface area (Å²) in [6.45, 7) is 1.82. The summed E-state index contributed by atoms with van der Waals surface area (Å²) in [6.07, 6.45) is 0.636. The molecule has 1 aliphatic heterocycles. The van der Waals surface area contributed by atoms with Crippen molar-refractivity contribution in [1.29, 1.82) is 0 Å². The van der Waals surface area contributed by atoms with Crippen molar-refractivity contribution in [1.82, 2.24) is 10.2 Å². The van der Waals surface area contributed by atoms with Crippen LogP contribution in [-0.4, -0.2) is 28.3 Å². The highest BCUT2D eigenvalue weighted by Gasteiger charge is 2.34. The molecular formula is C17H15N3O3. The molecule has 3 aromatic rings. The zero-order valence-electron chi connectivity index (χ0n) is 12.4. The Kier molecular flexibility index (Phi) is 3.15. The predicted molar refractivity (Wildman–Crippen MR) is 85.7 cm³/mol. The fourth-order valence-corrected chi connectivity index (χ4v) is 2.64. The molecule has 2 aromatic carbocycles. The fraction of sp³-hybridized carbons (Fsp3) is 0.176. The Bertz CT molecular complexity index is 874. The maximum absolute atomic E-state index is 12.5. The Morgan fingerprint density at radius 1 is 1.17 bits per heavy atom. The minimum atomic E-state index is -0.704. The van der Waals surface area contributed by atoms with E-state index in [1.807, 2.05) is 43.3 Å². The number of para-hydroxylation sites is 2. The van der Waals surface area contributed by atoms with Crippen molar-refractivity contribution in [2.45, 2.75) is 19.1 Å². The topological polar surface area (TPSA) is 76.2 Å². The number of rotatable bonds is 2. The summed E-state index contributed by atoms with van der Waals surface area (Å²) in [5.74, 6) is 0.995. The molecule has 0 unspecified atom stereocenters. The average molecular weight is 309 g/mol. The number of fused-ring (bicyclic) bond motifs is 2. The summed E-state index contributed by atoms with van der Waals surface area (Å²) in [7, 11) is 0. The third-order valence-electron chi connectivity index (χ3n) is 3.81. The number of nitrogens with one attached hydrogen (secondary N) is 2.